The van der Waals surface area contributed by atoms with Gasteiger partial charge >= 0.3 is 5.97 Å². The summed E-state index contributed by atoms with van der Waals surface area (Å²) in [5, 5.41) is 22.3. The van der Waals surface area contributed by atoms with Gasteiger partial charge in [-0.2, -0.15) is 10.4 Å². The first kappa shape index (κ1) is 17.1. The van der Waals surface area contributed by atoms with Gasteiger partial charge in [-0.1, -0.05) is 26.2 Å². The molecule has 0 unspecified atom stereocenters. The summed E-state index contributed by atoms with van der Waals surface area (Å²) in [6.07, 6.45) is 7.56. The van der Waals surface area contributed by atoms with Crippen LogP contribution in [0.15, 0.2) is 35.5 Å². The molecular formula is C17H19N3O2S. The van der Waals surface area contributed by atoms with Crippen LogP contribution in [0.5, 0.6) is 0 Å². The van der Waals surface area contributed by atoms with Gasteiger partial charge in [-0.15, -0.1) is 11.8 Å². The smallest absolute Gasteiger partial charge is 0.338 e. The molecule has 2 rings (SSSR count). The molecule has 0 saturated heterocycles. The standard InChI is InChI=1S/C17H19N3O2S/c1-2-3-4-5-8-23-16-7-6-15(9-13(16)10-18)20-12-14(11-19-20)17(21)22/h6-7,9,11-12H,2-5,8H2,1H3,(H,21,22). The molecule has 0 fully saturated rings. The summed E-state index contributed by atoms with van der Waals surface area (Å²) in [7, 11) is 0. The van der Waals surface area contributed by atoms with Crippen LogP contribution >= 0.6 is 11.8 Å². The molecule has 0 aliphatic rings. The highest BCUT2D eigenvalue weighted by Crippen LogP contribution is 2.26. The van der Waals surface area contributed by atoms with E-state index in [1.54, 1.807) is 17.8 Å². The monoisotopic (exact) mass is 329 g/mol. The summed E-state index contributed by atoms with van der Waals surface area (Å²) in [5.41, 5.74) is 1.40. The molecular weight excluding hydrogens is 310 g/mol. The second-order valence-electron chi connectivity index (χ2n) is 5.18. The van der Waals surface area contributed by atoms with Crippen molar-refractivity contribution in [2.75, 3.05) is 5.75 Å². The lowest BCUT2D eigenvalue weighted by molar-refractivity contribution is 0.0697. The first-order valence-electron chi connectivity index (χ1n) is 7.61. The summed E-state index contributed by atoms with van der Waals surface area (Å²) in [4.78, 5) is 11.9. The van der Waals surface area contributed by atoms with Crippen LogP contribution in [-0.4, -0.2) is 26.6 Å². The lowest BCUT2D eigenvalue weighted by Gasteiger charge is -2.07. The predicted octanol–water partition coefficient (Wildman–Crippen LogP) is 4.11. The highest BCUT2D eigenvalue weighted by molar-refractivity contribution is 7.99. The molecule has 0 aliphatic heterocycles. The highest BCUT2D eigenvalue weighted by Gasteiger charge is 2.09. The molecule has 0 bridgehead atoms. The minimum Gasteiger partial charge on any atom is -0.478 e. The summed E-state index contributed by atoms with van der Waals surface area (Å²) in [6, 6.07) is 7.71. The van der Waals surface area contributed by atoms with E-state index in [-0.39, 0.29) is 5.56 Å². The number of thioether (sulfide) groups is 1. The summed E-state index contributed by atoms with van der Waals surface area (Å²) < 4.78 is 1.47. The second-order valence-corrected chi connectivity index (χ2v) is 6.32. The number of carbonyl (C=O) groups is 1. The number of aromatic carboxylic acids is 1. The number of carboxylic acids is 1. The SMILES string of the molecule is CCCCCCSc1ccc(-n2cc(C(=O)O)cn2)cc1C#N. The van der Waals surface area contributed by atoms with Crippen molar-refractivity contribution >= 4 is 17.7 Å². The van der Waals surface area contributed by atoms with E-state index in [9.17, 15) is 10.1 Å². The van der Waals surface area contributed by atoms with Gasteiger partial charge in [-0.25, -0.2) is 9.48 Å². The van der Waals surface area contributed by atoms with E-state index < -0.39 is 5.97 Å². The van der Waals surface area contributed by atoms with Crippen molar-refractivity contribution in [3.05, 3.63) is 41.7 Å². The van der Waals surface area contributed by atoms with Crippen molar-refractivity contribution in [3.63, 3.8) is 0 Å². The fourth-order valence-electron chi connectivity index (χ4n) is 2.16. The molecule has 0 amide bonds. The fourth-order valence-corrected chi connectivity index (χ4v) is 3.15. The molecule has 6 heteroatoms. The number of rotatable bonds is 8. The van der Waals surface area contributed by atoms with Crippen LogP contribution in [-0.2, 0) is 0 Å². The van der Waals surface area contributed by atoms with Crippen molar-refractivity contribution in [1.29, 1.82) is 5.26 Å². The third kappa shape index (κ3) is 4.60. The van der Waals surface area contributed by atoms with Gasteiger partial charge in [-0.3, -0.25) is 0 Å². The zero-order chi connectivity index (χ0) is 16.7. The fraction of sp³-hybridized carbons (Fsp3) is 0.353. The normalized spacial score (nSPS) is 10.4. The Morgan fingerprint density at radius 1 is 1.39 bits per heavy atom. The lowest BCUT2D eigenvalue weighted by Crippen LogP contribution is -1.97. The molecule has 1 N–H and O–H groups in total. The maximum absolute atomic E-state index is 10.9. The molecule has 1 aromatic carbocycles. The van der Waals surface area contributed by atoms with Gasteiger partial charge in [0.2, 0.25) is 0 Å². The van der Waals surface area contributed by atoms with Crippen LogP contribution in [0.25, 0.3) is 5.69 Å². The Morgan fingerprint density at radius 3 is 2.87 bits per heavy atom. The van der Waals surface area contributed by atoms with Crippen LogP contribution < -0.4 is 0 Å². The molecule has 120 valence electrons. The van der Waals surface area contributed by atoms with E-state index >= 15 is 0 Å². The number of nitriles is 1. The Bertz CT molecular complexity index is 719. The van der Waals surface area contributed by atoms with Crippen molar-refractivity contribution in [2.45, 2.75) is 37.5 Å². The molecule has 0 atom stereocenters. The van der Waals surface area contributed by atoms with E-state index in [1.165, 1.54) is 36.3 Å². The summed E-state index contributed by atoms with van der Waals surface area (Å²) in [6.45, 7) is 2.19. The topological polar surface area (TPSA) is 78.9 Å². The number of hydrogen-bond acceptors (Lipinski definition) is 4. The maximum Gasteiger partial charge on any atom is 0.338 e. The molecule has 1 heterocycles. The Morgan fingerprint density at radius 2 is 2.22 bits per heavy atom. The third-order valence-electron chi connectivity index (χ3n) is 3.43. The van der Waals surface area contributed by atoms with Gasteiger partial charge in [0.05, 0.1) is 23.0 Å². The van der Waals surface area contributed by atoms with Gasteiger partial charge in [0, 0.05) is 11.1 Å². The van der Waals surface area contributed by atoms with Crippen LogP contribution in [0.4, 0.5) is 0 Å². The van der Waals surface area contributed by atoms with Gasteiger partial charge in [-0.05, 0) is 30.4 Å². The largest absolute Gasteiger partial charge is 0.478 e. The van der Waals surface area contributed by atoms with Gasteiger partial charge in [0.15, 0.2) is 0 Å². The molecule has 1 aromatic heterocycles. The number of hydrogen-bond donors (Lipinski definition) is 1. The first-order valence-corrected chi connectivity index (χ1v) is 8.59. The Labute approximate surface area is 139 Å². The zero-order valence-corrected chi connectivity index (χ0v) is 13.8. The lowest BCUT2D eigenvalue weighted by atomic mass is 10.2. The van der Waals surface area contributed by atoms with Crippen molar-refractivity contribution in [2.24, 2.45) is 0 Å². The van der Waals surface area contributed by atoms with Gasteiger partial charge in [0.1, 0.15) is 6.07 Å². The van der Waals surface area contributed by atoms with E-state index in [0.29, 0.717) is 11.3 Å². The first-order chi connectivity index (χ1) is 11.2. The Hall–Kier alpha value is -2.26. The van der Waals surface area contributed by atoms with E-state index in [0.717, 1.165) is 17.1 Å². The average Bonchev–Trinajstić information content (AvgIpc) is 3.05. The number of nitrogens with zero attached hydrogens (tertiary/aromatic N) is 3. The second kappa shape index (κ2) is 8.39. The van der Waals surface area contributed by atoms with Crippen LogP contribution in [0.1, 0.15) is 48.5 Å². The number of benzene rings is 1. The quantitative estimate of drug-likeness (QED) is 0.582. The number of aromatic nitrogens is 2. The van der Waals surface area contributed by atoms with Gasteiger partial charge in [0.25, 0.3) is 0 Å². The number of unbranched alkanes of at least 4 members (excludes halogenated alkanes) is 3. The zero-order valence-electron chi connectivity index (χ0n) is 13.0. The molecule has 2 aromatic rings. The van der Waals surface area contributed by atoms with Crippen LogP contribution in [0, 0.1) is 11.3 Å². The van der Waals surface area contributed by atoms with Crippen molar-refractivity contribution in [1.82, 2.24) is 9.78 Å². The maximum atomic E-state index is 10.9. The minimum atomic E-state index is -1.02. The minimum absolute atomic E-state index is 0.123. The summed E-state index contributed by atoms with van der Waals surface area (Å²) in [5.74, 6) is -0.0186. The van der Waals surface area contributed by atoms with Crippen LogP contribution in [0.2, 0.25) is 0 Å². The molecule has 0 radical (unpaired) electrons. The van der Waals surface area contributed by atoms with E-state index in [4.69, 9.17) is 5.11 Å². The highest BCUT2D eigenvalue weighted by atomic mass is 32.2. The van der Waals surface area contributed by atoms with Crippen LogP contribution in [0.3, 0.4) is 0 Å². The molecule has 0 saturated carbocycles. The average molecular weight is 329 g/mol. The van der Waals surface area contributed by atoms with Gasteiger partial charge < -0.3 is 5.11 Å². The molecule has 0 aliphatic carbocycles. The van der Waals surface area contributed by atoms with Crippen molar-refractivity contribution in [3.8, 4) is 11.8 Å². The summed E-state index contributed by atoms with van der Waals surface area (Å²) >= 11 is 1.69. The Balaban J connectivity index is 2.09. The van der Waals surface area contributed by atoms with E-state index in [1.807, 2.05) is 12.1 Å². The molecule has 0 spiro atoms. The van der Waals surface area contributed by atoms with E-state index in [2.05, 4.69) is 18.1 Å². The predicted molar refractivity (Wildman–Crippen MR) is 90.1 cm³/mol. The Kier molecular flexibility index (Phi) is 6.24. The van der Waals surface area contributed by atoms with Crippen molar-refractivity contribution < 1.29 is 9.90 Å². The molecule has 23 heavy (non-hydrogen) atoms. The number of carboxylic acid groups (broad SMARTS) is 1. The molecule has 5 nitrogen and oxygen atoms in total. The third-order valence-corrected chi connectivity index (χ3v) is 4.59.